The highest BCUT2D eigenvalue weighted by molar-refractivity contribution is 7.84. The number of hydrogen-bond donors (Lipinski definition) is 2. The van der Waals surface area contributed by atoms with Crippen molar-refractivity contribution in [3.8, 4) is 5.75 Å². The van der Waals surface area contributed by atoms with Gasteiger partial charge in [-0.3, -0.25) is 9.52 Å². The normalized spacial score (nSPS) is 34.1. The van der Waals surface area contributed by atoms with Crippen LogP contribution < -0.4 is 14.4 Å². The van der Waals surface area contributed by atoms with Crippen LogP contribution in [0.5, 0.6) is 5.75 Å². The van der Waals surface area contributed by atoms with E-state index in [1.807, 2.05) is 32.1 Å². The average Bonchev–Trinajstić information content (AvgIpc) is 3.19. The molecule has 2 aliphatic heterocycles. The van der Waals surface area contributed by atoms with E-state index < -0.39 is 16.6 Å². The van der Waals surface area contributed by atoms with Crippen LogP contribution in [-0.2, 0) is 27.6 Å². The van der Waals surface area contributed by atoms with Crippen LogP contribution in [0.2, 0.25) is 0 Å². The lowest BCUT2D eigenvalue weighted by molar-refractivity contribution is -0.103. The number of hydrogen-bond acceptors (Lipinski definition) is 6. The zero-order chi connectivity index (χ0) is 31.5. The maximum absolute atomic E-state index is 13.4. The van der Waals surface area contributed by atoms with E-state index in [-0.39, 0.29) is 35.0 Å². The van der Waals surface area contributed by atoms with Gasteiger partial charge >= 0.3 is 0 Å². The number of carbonyl (C=O) groups is 1. The summed E-state index contributed by atoms with van der Waals surface area (Å²) < 4.78 is 28.7. The largest absolute Gasteiger partial charge is 0.490 e. The highest BCUT2D eigenvalue weighted by Gasteiger charge is 2.48. The minimum atomic E-state index is -1.55. The summed E-state index contributed by atoms with van der Waals surface area (Å²) in [5.41, 5.74) is 3.20. The molecule has 1 spiro atoms. The van der Waals surface area contributed by atoms with Crippen molar-refractivity contribution >= 4 is 34.2 Å². The molecule has 9 heteroatoms. The molecule has 5 unspecified atom stereocenters. The monoisotopic (exact) mass is 642 g/mol. The number of amides is 1. The molecule has 1 saturated carbocycles. The highest BCUT2D eigenvalue weighted by Crippen LogP contribution is 2.48. The number of benzene rings is 2. The van der Waals surface area contributed by atoms with E-state index >= 15 is 0 Å². The fourth-order valence-electron chi connectivity index (χ4n) is 7.64. The second kappa shape index (κ2) is 13.9. The molecule has 44 heavy (non-hydrogen) atoms. The molecule has 7 nitrogen and oxygen atoms in total. The Balaban J connectivity index is 0.00000188. The number of allylic oxidation sites excluding steroid dienone is 1. The molecular weight excluding hydrogens is 596 g/mol. The van der Waals surface area contributed by atoms with Crippen molar-refractivity contribution in [2.45, 2.75) is 68.6 Å². The van der Waals surface area contributed by atoms with Gasteiger partial charge in [0, 0.05) is 37.6 Å². The number of aliphatic hydroxyl groups is 1. The fourth-order valence-corrected chi connectivity index (χ4v) is 8.66. The second-order valence-corrected chi connectivity index (χ2v) is 14.5. The molecule has 2 aromatic rings. The first-order chi connectivity index (χ1) is 21.3. The summed E-state index contributed by atoms with van der Waals surface area (Å²) in [5, 5.41) is 10.4. The Kier molecular flexibility index (Phi) is 10.4. The summed E-state index contributed by atoms with van der Waals surface area (Å²) >= 11 is 4.64. The molecule has 7 atom stereocenters. The lowest BCUT2D eigenvalue weighted by Gasteiger charge is -2.50. The van der Waals surface area contributed by atoms with Crippen LogP contribution in [0, 0.1) is 17.8 Å². The van der Waals surface area contributed by atoms with Crippen molar-refractivity contribution in [2.75, 3.05) is 44.7 Å². The first-order valence-corrected chi connectivity index (χ1v) is 17.8. The summed E-state index contributed by atoms with van der Waals surface area (Å²) in [7, 11) is 0.145. The van der Waals surface area contributed by atoms with Crippen LogP contribution in [0.3, 0.4) is 0 Å². The quantitative estimate of drug-likeness (QED) is 0.318. The number of aliphatic hydroxyl groups excluding tert-OH is 1. The van der Waals surface area contributed by atoms with E-state index in [4.69, 9.17) is 9.47 Å². The number of halogens is 1. The van der Waals surface area contributed by atoms with E-state index in [1.54, 1.807) is 13.2 Å². The molecule has 0 radical (unpaired) electrons. The van der Waals surface area contributed by atoms with Crippen molar-refractivity contribution in [2.24, 2.45) is 17.8 Å². The number of ether oxygens (including phenoxy) is 2. The van der Waals surface area contributed by atoms with Gasteiger partial charge in [0.2, 0.25) is 0 Å². The molecule has 6 rings (SSSR count). The smallest absolute Gasteiger partial charge is 0.263 e. The third kappa shape index (κ3) is 6.20. The average molecular weight is 643 g/mol. The summed E-state index contributed by atoms with van der Waals surface area (Å²) in [6.45, 7) is 5.99. The SMILES string of the molecule is CCl.CO[C@]1(CO)/C=C/CC(C)C(C)S(=O)NC(=O)c2ccc3c(c2)N(CC2CCC21)C[C@@]1(CCCc2ccccc21)CO3. The summed E-state index contributed by atoms with van der Waals surface area (Å²) in [5.74, 6) is 0.961. The van der Waals surface area contributed by atoms with Gasteiger partial charge in [-0.25, -0.2) is 4.21 Å². The first kappa shape index (κ1) is 33.0. The number of alkyl halides is 1. The molecule has 2 bridgehead atoms. The van der Waals surface area contributed by atoms with Crippen molar-refractivity contribution < 1.29 is 23.6 Å². The number of anilines is 1. The van der Waals surface area contributed by atoms with E-state index in [2.05, 4.69) is 51.6 Å². The van der Waals surface area contributed by atoms with Gasteiger partial charge in [-0.2, -0.15) is 0 Å². The van der Waals surface area contributed by atoms with Crippen LogP contribution in [0.25, 0.3) is 0 Å². The number of rotatable bonds is 2. The van der Waals surface area contributed by atoms with Gasteiger partial charge in [-0.15, -0.1) is 11.6 Å². The fraction of sp³-hybridized carbons (Fsp3) is 0.571. The zero-order valence-electron chi connectivity index (χ0n) is 26.4. The minimum absolute atomic E-state index is 0.0613. The van der Waals surface area contributed by atoms with Crippen LogP contribution in [0.15, 0.2) is 54.6 Å². The van der Waals surface area contributed by atoms with E-state index in [9.17, 15) is 14.1 Å². The molecule has 1 fully saturated rings. The van der Waals surface area contributed by atoms with Crippen molar-refractivity contribution in [3.05, 3.63) is 71.3 Å². The summed E-state index contributed by atoms with van der Waals surface area (Å²) in [6, 6.07) is 14.4. The molecule has 4 aliphatic rings. The Morgan fingerprint density at radius 3 is 2.70 bits per heavy atom. The summed E-state index contributed by atoms with van der Waals surface area (Å²) in [6.07, 6.45) is 11.5. The lowest BCUT2D eigenvalue weighted by Crippen LogP contribution is -2.54. The topological polar surface area (TPSA) is 88.1 Å². The molecule has 2 N–H and O–H groups in total. The van der Waals surface area contributed by atoms with Gasteiger partial charge in [-0.05, 0) is 92.5 Å². The van der Waals surface area contributed by atoms with E-state index in [1.165, 1.54) is 17.5 Å². The third-order valence-corrected chi connectivity index (χ3v) is 12.1. The number of nitrogens with one attached hydrogen (secondary N) is 1. The van der Waals surface area contributed by atoms with Crippen LogP contribution >= 0.6 is 11.6 Å². The standard InChI is InChI=1S/C34H44N2O5S.CH3Cl/c1-23-8-6-17-34(21-37,40-3)29-14-12-27(29)19-36-20-33(16-7-10-25-9-4-5-11-28(25)33)22-41-31-15-13-26(18-30(31)36)32(38)35-42(39)24(23)2;1-2/h4-6,9,11,13,15,17-18,23-24,27,29,37H,7-8,10,12,14,16,19-22H2,1-3H3,(H,35,38);1H3/b17-6+;/t23?,24?,27?,29?,33-,34-,42?;/m0./s1. The Bertz CT molecular complexity index is 1380. The Morgan fingerprint density at radius 2 is 1.98 bits per heavy atom. The number of methoxy groups -OCH3 is 1. The predicted octanol–water partition coefficient (Wildman–Crippen LogP) is 5.80. The Labute approximate surface area is 269 Å². The van der Waals surface area contributed by atoms with Gasteiger partial charge in [0.05, 0.1) is 24.2 Å². The van der Waals surface area contributed by atoms with E-state index in [0.717, 1.165) is 56.6 Å². The van der Waals surface area contributed by atoms with Crippen LogP contribution in [0.1, 0.15) is 67.4 Å². The maximum atomic E-state index is 13.4. The summed E-state index contributed by atoms with van der Waals surface area (Å²) in [4.78, 5) is 15.8. The zero-order valence-corrected chi connectivity index (χ0v) is 28.0. The predicted molar refractivity (Wildman–Crippen MR) is 178 cm³/mol. The molecular formula is C35H47ClN2O5S. The molecule has 2 heterocycles. The minimum Gasteiger partial charge on any atom is -0.490 e. The third-order valence-electron chi connectivity index (χ3n) is 10.6. The number of aryl methyl sites for hydroxylation is 1. The van der Waals surface area contributed by atoms with E-state index in [0.29, 0.717) is 24.5 Å². The van der Waals surface area contributed by atoms with Crippen LogP contribution in [-0.4, -0.2) is 65.9 Å². The van der Waals surface area contributed by atoms with Gasteiger partial charge in [0.1, 0.15) is 22.3 Å². The molecule has 0 saturated heterocycles. The molecule has 1 amide bonds. The molecule has 0 aromatic heterocycles. The van der Waals surface area contributed by atoms with Crippen molar-refractivity contribution in [3.63, 3.8) is 0 Å². The van der Waals surface area contributed by atoms with Gasteiger partial charge < -0.3 is 19.5 Å². The maximum Gasteiger partial charge on any atom is 0.263 e. The number of carbonyl (C=O) groups excluding carboxylic acids is 1. The van der Waals surface area contributed by atoms with Crippen LogP contribution in [0.4, 0.5) is 5.69 Å². The Morgan fingerprint density at radius 1 is 1.18 bits per heavy atom. The van der Waals surface area contributed by atoms with Gasteiger partial charge in [0.25, 0.3) is 5.91 Å². The lowest BCUT2D eigenvalue weighted by atomic mass is 9.64. The second-order valence-electron chi connectivity index (χ2n) is 13.0. The highest BCUT2D eigenvalue weighted by atomic mass is 35.5. The molecule has 2 aromatic carbocycles. The van der Waals surface area contributed by atoms with Crippen molar-refractivity contribution in [1.29, 1.82) is 0 Å². The number of fused-ring (bicyclic) bond motifs is 4. The van der Waals surface area contributed by atoms with Crippen molar-refractivity contribution in [1.82, 2.24) is 4.72 Å². The molecule has 240 valence electrons. The Hall–Kier alpha value is -2.39. The molecule has 2 aliphatic carbocycles. The van der Waals surface area contributed by atoms with Gasteiger partial charge in [0.15, 0.2) is 0 Å². The first-order valence-electron chi connectivity index (χ1n) is 15.8. The number of nitrogens with zero attached hydrogens (tertiary/aromatic N) is 1. The van der Waals surface area contributed by atoms with Gasteiger partial charge in [-0.1, -0.05) is 43.3 Å².